The average Bonchev–Trinajstić information content (AvgIpc) is 2.44. The van der Waals surface area contributed by atoms with Gasteiger partial charge in [0, 0.05) is 19.7 Å². The van der Waals surface area contributed by atoms with Gasteiger partial charge in [-0.05, 0) is 13.3 Å². The number of nitrogens with two attached hydrogens (primary N) is 1. The minimum atomic E-state index is -0.439. The fourth-order valence-electron chi connectivity index (χ4n) is 1.87. The molecule has 0 aromatic carbocycles. The van der Waals surface area contributed by atoms with Crippen LogP contribution in [0.15, 0.2) is 11.0 Å². The molecule has 1 aromatic rings. The molecule has 0 aliphatic carbocycles. The number of hydrogen-bond acceptors (Lipinski definition) is 5. The summed E-state index contributed by atoms with van der Waals surface area (Å²) in [4.78, 5) is 15.8. The van der Waals surface area contributed by atoms with E-state index >= 15 is 0 Å². The molecule has 0 fully saturated rings. The van der Waals surface area contributed by atoms with Gasteiger partial charge >= 0.3 is 5.69 Å². The maximum atomic E-state index is 12.0. The Hall–Kier alpha value is -1.84. The number of nitrogens with zero attached hydrogens (tertiary/aromatic N) is 2. The zero-order chi connectivity index (χ0) is 15.8. The Morgan fingerprint density at radius 1 is 1.48 bits per heavy atom. The lowest BCUT2D eigenvalue weighted by molar-refractivity contribution is -0.0760. The first-order valence-corrected chi connectivity index (χ1v) is 7.05. The predicted octanol–water partition coefficient (Wildman–Crippen LogP) is 1.55. The van der Waals surface area contributed by atoms with Crippen LogP contribution in [0.5, 0.6) is 0 Å². The second kappa shape index (κ2) is 8.45. The molecule has 2 unspecified atom stereocenters. The highest BCUT2D eigenvalue weighted by Gasteiger charge is 2.16. The summed E-state index contributed by atoms with van der Waals surface area (Å²) in [7, 11) is 1.61. The molecule has 0 bridgehead atoms. The van der Waals surface area contributed by atoms with E-state index in [4.69, 9.17) is 15.2 Å². The predicted molar refractivity (Wildman–Crippen MR) is 81.8 cm³/mol. The first-order valence-electron chi connectivity index (χ1n) is 7.05. The van der Waals surface area contributed by atoms with E-state index in [9.17, 15) is 4.79 Å². The zero-order valence-corrected chi connectivity index (χ0v) is 13.0. The van der Waals surface area contributed by atoms with Crippen molar-refractivity contribution in [2.75, 3.05) is 19.5 Å². The van der Waals surface area contributed by atoms with Crippen LogP contribution in [-0.4, -0.2) is 29.4 Å². The molecule has 0 aliphatic rings. The molecule has 0 saturated heterocycles. The van der Waals surface area contributed by atoms with Gasteiger partial charge < -0.3 is 15.2 Å². The minimum Gasteiger partial charge on any atom is -0.382 e. The van der Waals surface area contributed by atoms with E-state index in [0.29, 0.717) is 25.0 Å². The van der Waals surface area contributed by atoms with Crippen molar-refractivity contribution >= 4 is 5.82 Å². The quantitative estimate of drug-likeness (QED) is 0.805. The molecule has 6 nitrogen and oxygen atoms in total. The maximum Gasteiger partial charge on any atom is 0.351 e. The molecule has 2 N–H and O–H groups in total. The molecule has 2 atom stereocenters. The number of rotatable bonds is 6. The molecule has 0 radical (unpaired) electrons. The van der Waals surface area contributed by atoms with Crippen molar-refractivity contribution in [3.05, 3.63) is 22.2 Å². The van der Waals surface area contributed by atoms with Gasteiger partial charge in [-0.3, -0.25) is 4.57 Å². The van der Waals surface area contributed by atoms with Gasteiger partial charge in [0.05, 0.1) is 18.3 Å². The van der Waals surface area contributed by atoms with Gasteiger partial charge in [0.25, 0.3) is 0 Å². The van der Waals surface area contributed by atoms with Crippen molar-refractivity contribution < 1.29 is 9.47 Å². The largest absolute Gasteiger partial charge is 0.382 e. The number of aromatic nitrogens is 2. The Balaban J connectivity index is 3.11. The molecular formula is C15H23N3O3. The van der Waals surface area contributed by atoms with Crippen LogP contribution in [0.2, 0.25) is 0 Å². The number of nitrogen functional groups attached to an aromatic ring is 1. The van der Waals surface area contributed by atoms with Crippen LogP contribution in [0, 0.1) is 11.8 Å². The molecule has 1 aromatic heterocycles. The van der Waals surface area contributed by atoms with Crippen LogP contribution >= 0.6 is 0 Å². The third-order valence-electron chi connectivity index (χ3n) is 2.83. The zero-order valence-electron chi connectivity index (χ0n) is 13.0. The third kappa shape index (κ3) is 4.88. The molecule has 6 heteroatoms. The summed E-state index contributed by atoms with van der Waals surface area (Å²) in [5.41, 5.74) is 5.83. The molecule has 0 amide bonds. The van der Waals surface area contributed by atoms with Gasteiger partial charge in [-0.15, -0.1) is 0 Å². The Morgan fingerprint density at radius 3 is 2.76 bits per heavy atom. The van der Waals surface area contributed by atoms with Gasteiger partial charge in [-0.2, -0.15) is 4.98 Å². The second-order valence-corrected chi connectivity index (χ2v) is 4.65. The summed E-state index contributed by atoms with van der Waals surface area (Å²) in [5.74, 6) is 5.98. The summed E-state index contributed by atoms with van der Waals surface area (Å²) < 4.78 is 12.3. The molecule has 0 spiro atoms. The average molecular weight is 293 g/mol. The smallest absolute Gasteiger partial charge is 0.351 e. The highest BCUT2D eigenvalue weighted by molar-refractivity contribution is 5.48. The summed E-state index contributed by atoms with van der Waals surface area (Å²) in [6, 6.07) is 0. The SMILES string of the molecule is CCC#Cc1cn(C(CC)OC(C)COC)c(=O)nc1N. The van der Waals surface area contributed by atoms with E-state index in [1.54, 1.807) is 13.3 Å². The molecule has 116 valence electrons. The first kappa shape index (κ1) is 17.2. The molecule has 1 heterocycles. The van der Waals surface area contributed by atoms with Crippen LogP contribution in [0.1, 0.15) is 45.4 Å². The Bertz CT molecular complexity index is 572. The number of ether oxygens (including phenoxy) is 2. The lowest BCUT2D eigenvalue weighted by atomic mass is 10.3. The van der Waals surface area contributed by atoms with Gasteiger partial charge in [0.15, 0.2) is 0 Å². The van der Waals surface area contributed by atoms with Crippen LogP contribution < -0.4 is 11.4 Å². The lowest BCUT2D eigenvalue weighted by Crippen LogP contribution is -2.32. The topological polar surface area (TPSA) is 79.4 Å². The van der Waals surface area contributed by atoms with Crippen LogP contribution in [0.25, 0.3) is 0 Å². The van der Waals surface area contributed by atoms with E-state index < -0.39 is 11.9 Å². The van der Waals surface area contributed by atoms with E-state index in [-0.39, 0.29) is 11.9 Å². The summed E-state index contributed by atoms with van der Waals surface area (Å²) in [6.45, 7) is 6.22. The normalized spacial score (nSPS) is 13.3. The highest BCUT2D eigenvalue weighted by atomic mass is 16.5. The van der Waals surface area contributed by atoms with Crippen LogP contribution in [-0.2, 0) is 9.47 Å². The van der Waals surface area contributed by atoms with Gasteiger partial charge in [-0.1, -0.05) is 25.7 Å². The van der Waals surface area contributed by atoms with Crippen LogP contribution in [0.4, 0.5) is 5.82 Å². The van der Waals surface area contributed by atoms with E-state index in [1.807, 2.05) is 20.8 Å². The standard InChI is InChI=1S/C15H23N3O3/c1-5-7-8-12-9-18(15(19)17-14(12)16)13(6-2)21-11(3)10-20-4/h9,11,13H,5-6,10H2,1-4H3,(H2,16,17,19). The molecule has 21 heavy (non-hydrogen) atoms. The fourth-order valence-corrected chi connectivity index (χ4v) is 1.87. The highest BCUT2D eigenvalue weighted by Crippen LogP contribution is 2.15. The monoisotopic (exact) mass is 293 g/mol. The van der Waals surface area contributed by atoms with E-state index in [0.717, 1.165) is 0 Å². The Morgan fingerprint density at radius 2 is 2.19 bits per heavy atom. The summed E-state index contributed by atoms with van der Waals surface area (Å²) in [5, 5.41) is 0. The third-order valence-corrected chi connectivity index (χ3v) is 2.83. The van der Waals surface area contributed by atoms with Crippen molar-refractivity contribution in [3.63, 3.8) is 0 Å². The minimum absolute atomic E-state index is 0.130. The molecule has 1 rings (SSSR count). The van der Waals surface area contributed by atoms with Gasteiger partial charge in [-0.25, -0.2) is 4.79 Å². The second-order valence-electron chi connectivity index (χ2n) is 4.65. The molecule has 0 saturated carbocycles. The van der Waals surface area contributed by atoms with Crippen molar-refractivity contribution in [3.8, 4) is 11.8 Å². The van der Waals surface area contributed by atoms with Gasteiger partial charge in [0.2, 0.25) is 0 Å². The lowest BCUT2D eigenvalue weighted by Gasteiger charge is -2.22. The van der Waals surface area contributed by atoms with Gasteiger partial charge in [0.1, 0.15) is 12.0 Å². The van der Waals surface area contributed by atoms with E-state index in [2.05, 4.69) is 16.8 Å². The Kier molecular flexibility index (Phi) is 6.92. The van der Waals surface area contributed by atoms with Crippen molar-refractivity contribution in [2.45, 2.75) is 45.9 Å². The summed E-state index contributed by atoms with van der Waals surface area (Å²) >= 11 is 0. The van der Waals surface area contributed by atoms with Crippen molar-refractivity contribution in [1.82, 2.24) is 9.55 Å². The van der Waals surface area contributed by atoms with Crippen molar-refractivity contribution in [2.24, 2.45) is 0 Å². The number of hydrogen-bond donors (Lipinski definition) is 1. The Labute approximate surface area is 125 Å². The number of anilines is 1. The van der Waals surface area contributed by atoms with Crippen molar-refractivity contribution in [1.29, 1.82) is 0 Å². The fraction of sp³-hybridized carbons (Fsp3) is 0.600. The molecule has 0 aliphatic heterocycles. The maximum absolute atomic E-state index is 12.0. The number of methoxy groups -OCH3 is 1. The van der Waals surface area contributed by atoms with E-state index in [1.165, 1.54) is 4.57 Å². The van der Waals surface area contributed by atoms with Crippen LogP contribution in [0.3, 0.4) is 0 Å². The first-order chi connectivity index (χ1) is 10.0. The molecular weight excluding hydrogens is 270 g/mol. The summed E-state index contributed by atoms with van der Waals surface area (Å²) in [6.07, 6.45) is 2.39.